The Labute approximate surface area is 138 Å². The molecule has 0 saturated carbocycles. The molecule has 0 radical (unpaired) electrons. The van der Waals surface area contributed by atoms with Crippen molar-refractivity contribution in [3.05, 3.63) is 40.7 Å². The van der Waals surface area contributed by atoms with Gasteiger partial charge in [-0.2, -0.15) is 15.0 Å². The van der Waals surface area contributed by atoms with Crippen molar-refractivity contribution in [3.8, 4) is 0 Å². The van der Waals surface area contributed by atoms with Crippen LogP contribution in [0.3, 0.4) is 0 Å². The molecule has 6 nitrogen and oxygen atoms in total. The number of anilines is 2. The van der Waals surface area contributed by atoms with Crippen LogP contribution in [0.25, 0.3) is 0 Å². The lowest BCUT2D eigenvalue weighted by Gasteiger charge is -2.25. The van der Waals surface area contributed by atoms with Gasteiger partial charge >= 0.3 is 0 Å². The lowest BCUT2D eigenvalue weighted by atomic mass is 10.0. The Balaban J connectivity index is 2.20. The van der Waals surface area contributed by atoms with Gasteiger partial charge in [0.2, 0.25) is 11.9 Å². The summed E-state index contributed by atoms with van der Waals surface area (Å²) in [6, 6.07) is 6.57. The van der Waals surface area contributed by atoms with Gasteiger partial charge in [0.05, 0.1) is 6.04 Å². The Kier molecular flexibility index (Phi) is 5.15. The molecule has 2 N–H and O–H groups in total. The zero-order valence-corrected chi connectivity index (χ0v) is 14.8. The standard InChI is InChI=1S/C17H26N6/c1-11-7-8-14(12(2)9-11)10-23(6)13(3)15-19-16(18)21-17(20-15)22(4)5/h7-9,13H,10H2,1-6H3,(H2,18,19,20,21)/t13-/m1/s1. The van der Waals surface area contributed by atoms with Crippen molar-refractivity contribution in [1.29, 1.82) is 0 Å². The van der Waals surface area contributed by atoms with Crippen LogP contribution >= 0.6 is 0 Å². The van der Waals surface area contributed by atoms with Gasteiger partial charge < -0.3 is 10.6 Å². The molecular weight excluding hydrogens is 288 g/mol. The Hall–Kier alpha value is -2.21. The zero-order chi connectivity index (χ0) is 17.1. The molecule has 1 aromatic heterocycles. The molecule has 1 atom stereocenters. The molecule has 0 bridgehead atoms. The Morgan fingerprint density at radius 2 is 1.78 bits per heavy atom. The number of nitrogens with zero attached hydrogens (tertiary/aromatic N) is 5. The fraction of sp³-hybridized carbons (Fsp3) is 0.471. The van der Waals surface area contributed by atoms with Crippen LogP contribution in [-0.2, 0) is 6.54 Å². The maximum atomic E-state index is 5.82. The predicted molar refractivity (Wildman–Crippen MR) is 94.4 cm³/mol. The first kappa shape index (κ1) is 17.1. The Morgan fingerprint density at radius 3 is 2.39 bits per heavy atom. The molecule has 0 spiro atoms. The van der Waals surface area contributed by atoms with Gasteiger partial charge in [-0.05, 0) is 38.9 Å². The third-order valence-corrected chi connectivity index (χ3v) is 4.01. The fourth-order valence-electron chi connectivity index (χ4n) is 2.41. The summed E-state index contributed by atoms with van der Waals surface area (Å²) in [5, 5.41) is 0. The maximum absolute atomic E-state index is 5.82. The lowest BCUT2D eigenvalue weighted by molar-refractivity contribution is 0.243. The molecule has 0 unspecified atom stereocenters. The molecule has 0 aliphatic rings. The second-order valence-electron chi connectivity index (χ2n) is 6.27. The number of nitrogens with two attached hydrogens (primary N) is 1. The van der Waals surface area contributed by atoms with Crippen LogP contribution < -0.4 is 10.6 Å². The van der Waals surface area contributed by atoms with Gasteiger partial charge in [0.25, 0.3) is 0 Å². The maximum Gasteiger partial charge on any atom is 0.229 e. The van der Waals surface area contributed by atoms with Crippen molar-refractivity contribution >= 4 is 11.9 Å². The molecule has 0 aliphatic carbocycles. The number of rotatable bonds is 5. The van der Waals surface area contributed by atoms with E-state index in [0.29, 0.717) is 11.8 Å². The summed E-state index contributed by atoms with van der Waals surface area (Å²) >= 11 is 0. The number of nitrogen functional groups attached to an aromatic ring is 1. The van der Waals surface area contributed by atoms with E-state index in [1.165, 1.54) is 16.7 Å². The highest BCUT2D eigenvalue weighted by Gasteiger charge is 2.18. The van der Waals surface area contributed by atoms with E-state index < -0.39 is 0 Å². The summed E-state index contributed by atoms with van der Waals surface area (Å²) in [6.45, 7) is 7.17. The molecule has 23 heavy (non-hydrogen) atoms. The van der Waals surface area contributed by atoms with Crippen molar-refractivity contribution in [2.24, 2.45) is 0 Å². The molecule has 0 amide bonds. The van der Waals surface area contributed by atoms with Crippen LogP contribution in [0.1, 0.15) is 35.5 Å². The van der Waals surface area contributed by atoms with E-state index in [0.717, 1.165) is 6.54 Å². The Morgan fingerprint density at radius 1 is 1.09 bits per heavy atom. The van der Waals surface area contributed by atoms with E-state index in [9.17, 15) is 0 Å². The first-order chi connectivity index (χ1) is 10.8. The number of benzene rings is 1. The van der Waals surface area contributed by atoms with Gasteiger partial charge in [0, 0.05) is 20.6 Å². The second-order valence-corrected chi connectivity index (χ2v) is 6.27. The van der Waals surface area contributed by atoms with E-state index in [-0.39, 0.29) is 12.0 Å². The van der Waals surface area contributed by atoms with Gasteiger partial charge in [0.15, 0.2) is 5.82 Å². The minimum Gasteiger partial charge on any atom is -0.368 e. The molecule has 124 valence electrons. The van der Waals surface area contributed by atoms with E-state index in [1.54, 1.807) is 0 Å². The topological polar surface area (TPSA) is 71.2 Å². The van der Waals surface area contributed by atoms with Crippen LogP contribution in [0.4, 0.5) is 11.9 Å². The smallest absolute Gasteiger partial charge is 0.229 e. The summed E-state index contributed by atoms with van der Waals surface area (Å²) in [5.74, 6) is 1.53. The molecule has 1 aromatic carbocycles. The minimum atomic E-state index is 0.0414. The molecule has 0 fully saturated rings. The average Bonchev–Trinajstić information content (AvgIpc) is 2.48. The van der Waals surface area contributed by atoms with E-state index in [1.807, 2.05) is 19.0 Å². The van der Waals surface area contributed by atoms with Gasteiger partial charge in [-0.3, -0.25) is 4.90 Å². The van der Waals surface area contributed by atoms with E-state index in [4.69, 9.17) is 5.73 Å². The molecule has 6 heteroatoms. The summed E-state index contributed by atoms with van der Waals surface area (Å²) in [5.41, 5.74) is 9.71. The average molecular weight is 314 g/mol. The third kappa shape index (κ3) is 4.16. The zero-order valence-electron chi connectivity index (χ0n) is 14.8. The van der Waals surface area contributed by atoms with Gasteiger partial charge in [0.1, 0.15) is 0 Å². The highest BCUT2D eigenvalue weighted by atomic mass is 15.3. The summed E-state index contributed by atoms with van der Waals surface area (Å²) < 4.78 is 0. The third-order valence-electron chi connectivity index (χ3n) is 4.01. The summed E-state index contributed by atoms with van der Waals surface area (Å²) in [6.07, 6.45) is 0. The summed E-state index contributed by atoms with van der Waals surface area (Å²) in [7, 11) is 5.85. The lowest BCUT2D eigenvalue weighted by Crippen LogP contribution is -2.26. The second kappa shape index (κ2) is 6.91. The molecular formula is C17H26N6. The highest BCUT2D eigenvalue weighted by Crippen LogP contribution is 2.21. The van der Waals surface area contributed by atoms with Crippen LogP contribution in [0.2, 0.25) is 0 Å². The monoisotopic (exact) mass is 314 g/mol. The fourth-order valence-corrected chi connectivity index (χ4v) is 2.41. The minimum absolute atomic E-state index is 0.0414. The van der Waals surface area contributed by atoms with Crippen molar-refractivity contribution in [2.45, 2.75) is 33.4 Å². The van der Waals surface area contributed by atoms with Crippen molar-refractivity contribution < 1.29 is 0 Å². The van der Waals surface area contributed by atoms with Gasteiger partial charge in [-0.25, -0.2) is 0 Å². The first-order valence-electron chi connectivity index (χ1n) is 7.73. The first-order valence-corrected chi connectivity index (χ1v) is 7.73. The SMILES string of the molecule is Cc1ccc(CN(C)[C@H](C)c2nc(N)nc(N(C)C)n2)c(C)c1. The van der Waals surface area contributed by atoms with Crippen LogP contribution in [0.15, 0.2) is 18.2 Å². The van der Waals surface area contributed by atoms with Crippen LogP contribution in [0.5, 0.6) is 0 Å². The van der Waals surface area contributed by atoms with Gasteiger partial charge in [-0.15, -0.1) is 0 Å². The normalized spacial score (nSPS) is 12.5. The molecule has 0 aliphatic heterocycles. The number of aromatic nitrogens is 3. The van der Waals surface area contributed by atoms with Crippen molar-refractivity contribution in [3.63, 3.8) is 0 Å². The number of hydrogen-bond acceptors (Lipinski definition) is 6. The quantitative estimate of drug-likeness (QED) is 0.913. The molecule has 2 rings (SSSR count). The van der Waals surface area contributed by atoms with Crippen LogP contribution in [0, 0.1) is 13.8 Å². The van der Waals surface area contributed by atoms with Gasteiger partial charge in [-0.1, -0.05) is 23.8 Å². The number of aryl methyl sites for hydroxylation is 2. The van der Waals surface area contributed by atoms with Crippen molar-refractivity contribution in [1.82, 2.24) is 19.9 Å². The molecule has 2 aromatic rings. The molecule has 1 heterocycles. The molecule has 0 saturated heterocycles. The van der Waals surface area contributed by atoms with E-state index in [2.05, 4.69) is 65.9 Å². The van der Waals surface area contributed by atoms with Crippen LogP contribution in [-0.4, -0.2) is 41.0 Å². The largest absolute Gasteiger partial charge is 0.368 e. The summed E-state index contributed by atoms with van der Waals surface area (Å²) in [4.78, 5) is 17.0. The highest BCUT2D eigenvalue weighted by molar-refractivity contribution is 5.33. The predicted octanol–water partition coefficient (Wildman–Crippen LogP) is 2.33. The number of hydrogen-bond donors (Lipinski definition) is 1. The van der Waals surface area contributed by atoms with E-state index >= 15 is 0 Å². The Bertz CT molecular complexity index is 683. The van der Waals surface area contributed by atoms with Crippen molar-refractivity contribution in [2.75, 3.05) is 31.8 Å².